The molecule has 136 valence electrons. The Kier molecular flexibility index (Phi) is 5.39. The Balaban J connectivity index is 1.88. The molecule has 1 saturated heterocycles. The Morgan fingerprint density at radius 3 is 3.00 bits per heavy atom. The van der Waals surface area contributed by atoms with Crippen molar-refractivity contribution in [2.24, 2.45) is 5.92 Å². The zero-order valence-corrected chi connectivity index (χ0v) is 15.0. The summed E-state index contributed by atoms with van der Waals surface area (Å²) in [4.78, 5) is 4.23. The summed E-state index contributed by atoms with van der Waals surface area (Å²) in [6.45, 7) is 1.91. The first-order chi connectivity index (χ1) is 12.0. The van der Waals surface area contributed by atoms with E-state index in [-0.39, 0.29) is 17.0 Å². The first kappa shape index (κ1) is 17.9. The first-order valence-corrected chi connectivity index (χ1v) is 9.59. The van der Waals surface area contributed by atoms with E-state index in [0.717, 1.165) is 19.4 Å². The third-order valence-electron chi connectivity index (χ3n) is 4.27. The molecule has 0 amide bonds. The van der Waals surface area contributed by atoms with E-state index >= 15 is 0 Å². The number of hydrogen-bond donors (Lipinski definition) is 1. The molecule has 0 bridgehead atoms. The van der Waals surface area contributed by atoms with Gasteiger partial charge in [0.15, 0.2) is 5.82 Å². The van der Waals surface area contributed by atoms with Crippen molar-refractivity contribution in [2.45, 2.75) is 12.8 Å². The molecule has 0 spiro atoms. The summed E-state index contributed by atoms with van der Waals surface area (Å²) in [7, 11) is -0.0286. The van der Waals surface area contributed by atoms with Gasteiger partial charge in [0.1, 0.15) is 27.9 Å². The largest absolute Gasteiger partial charge is 0.506 e. The zero-order valence-electron chi connectivity index (χ0n) is 14.2. The highest BCUT2D eigenvalue weighted by atomic mass is 32.2. The number of ether oxygens (including phenoxy) is 2. The van der Waals surface area contributed by atoms with Crippen molar-refractivity contribution < 1.29 is 23.2 Å². The van der Waals surface area contributed by atoms with Crippen molar-refractivity contribution in [1.82, 2.24) is 4.98 Å². The second kappa shape index (κ2) is 7.53. The van der Waals surface area contributed by atoms with E-state index in [0.29, 0.717) is 30.4 Å². The van der Waals surface area contributed by atoms with Gasteiger partial charge in [0.05, 0.1) is 13.2 Å². The van der Waals surface area contributed by atoms with Crippen LogP contribution in [0.1, 0.15) is 12.8 Å². The van der Waals surface area contributed by atoms with E-state index in [1.165, 1.54) is 23.7 Å². The fraction of sp³-hybridized carbons (Fsp3) is 0.471. The Bertz CT molecular complexity index is 796. The van der Waals surface area contributed by atoms with Crippen molar-refractivity contribution >= 4 is 27.6 Å². The van der Waals surface area contributed by atoms with E-state index < -0.39 is 16.8 Å². The van der Waals surface area contributed by atoms with Gasteiger partial charge in [-0.3, -0.25) is 4.31 Å². The third kappa shape index (κ3) is 3.85. The quantitative estimate of drug-likeness (QED) is 0.878. The lowest BCUT2D eigenvalue weighted by Gasteiger charge is -2.22. The van der Waals surface area contributed by atoms with Crippen LogP contribution in [0.3, 0.4) is 0 Å². The van der Waals surface area contributed by atoms with E-state index in [4.69, 9.17) is 9.47 Å². The lowest BCUT2D eigenvalue weighted by Crippen LogP contribution is -2.23. The van der Waals surface area contributed by atoms with Crippen LogP contribution in [-0.4, -0.2) is 47.4 Å². The van der Waals surface area contributed by atoms with Crippen LogP contribution in [0, 0.1) is 11.7 Å². The normalized spacial score (nSPS) is 18.9. The van der Waals surface area contributed by atoms with Crippen LogP contribution in [0.15, 0.2) is 18.2 Å². The smallest absolute Gasteiger partial charge is 0.213 e. The highest BCUT2D eigenvalue weighted by Crippen LogP contribution is 2.36. The number of hydrogen-bond acceptors (Lipinski definition) is 5. The van der Waals surface area contributed by atoms with Crippen molar-refractivity contribution in [3.8, 4) is 11.6 Å². The summed E-state index contributed by atoms with van der Waals surface area (Å²) in [6, 6.07) is 4.69. The van der Waals surface area contributed by atoms with Gasteiger partial charge >= 0.3 is 0 Å². The third-order valence-corrected chi connectivity index (χ3v) is 5.23. The van der Waals surface area contributed by atoms with Crippen LogP contribution >= 0.6 is 0 Å². The highest BCUT2D eigenvalue weighted by molar-refractivity contribution is 7.85. The number of aromatic nitrogens is 1. The minimum atomic E-state index is -1.48. The van der Waals surface area contributed by atoms with Gasteiger partial charge in [0.25, 0.3) is 0 Å². The second-order valence-corrected chi connectivity index (χ2v) is 7.49. The van der Waals surface area contributed by atoms with Crippen molar-refractivity contribution in [3.05, 3.63) is 24.0 Å². The van der Waals surface area contributed by atoms with Crippen LogP contribution < -0.4 is 9.04 Å². The lowest BCUT2D eigenvalue weighted by molar-refractivity contribution is 0.0345. The van der Waals surface area contributed by atoms with Crippen molar-refractivity contribution in [3.63, 3.8) is 0 Å². The number of aromatic hydroxyl groups is 1. The molecule has 2 heterocycles. The SMILES string of the molecule is CN(c1c(O)cc2ccc(OCC3CCCOC3)nc2c1F)S(C)=O. The van der Waals surface area contributed by atoms with E-state index in [1.807, 2.05) is 0 Å². The van der Waals surface area contributed by atoms with Gasteiger partial charge in [-0.25, -0.2) is 13.6 Å². The molecule has 8 heteroatoms. The predicted molar refractivity (Wildman–Crippen MR) is 94.9 cm³/mol. The first-order valence-electron chi connectivity index (χ1n) is 8.07. The Hall–Kier alpha value is -1.93. The molecule has 2 unspecified atom stereocenters. The number of phenols is 1. The summed E-state index contributed by atoms with van der Waals surface area (Å²) in [5, 5.41) is 10.5. The molecular weight excluding hydrogens is 347 g/mol. The molecule has 25 heavy (non-hydrogen) atoms. The molecule has 1 aromatic carbocycles. The highest BCUT2D eigenvalue weighted by Gasteiger charge is 2.21. The number of rotatable bonds is 5. The molecule has 3 rings (SSSR count). The summed E-state index contributed by atoms with van der Waals surface area (Å²) < 4.78 is 38.7. The molecule has 2 aromatic rings. The fourth-order valence-electron chi connectivity index (χ4n) is 2.84. The number of fused-ring (bicyclic) bond motifs is 1. The topological polar surface area (TPSA) is 71.9 Å². The second-order valence-electron chi connectivity index (χ2n) is 6.09. The van der Waals surface area contributed by atoms with Crippen LogP contribution in [0.5, 0.6) is 11.6 Å². The molecular formula is C17H21FN2O4S. The average molecular weight is 368 g/mol. The minimum Gasteiger partial charge on any atom is -0.506 e. The fourth-order valence-corrected chi connectivity index (χ4v) is 3.27. The van der Waals surface area contributed by atoms with Gasteiger partial charge < -0.3 is 14.6 Å². The summed E-state index contributed by atoms with van der Waals surface area (Å²) in [5.41, 5.74) is -0.0684. The average Bonchev–Trinajstić information content (AvgIpc) is 2.61. The molecule has 0 saturated carbocycles. The summed E-state index contributed by atoms with van der Waals surface area (Å²) in [5.74, 6) is -0.384. The van der Waals surface area contributed by atoms with Gasteiger partial charge in [-0.05, 0) is 25.0 Å². The molecule has 1 fully saturated rings. The molecule has 0 radical (unpaired) electrons. The van der Waals surface area contributed by atoms with Crippen molar-refractivity contribution in [2.75, 3.05) is 37.4 Å². The summed E-state index contributed by atoms with van der Waals surface area (Å²) in [6.07, 6.45) is 3.45. The maximum absolute atomic E-state index is 14.8. The maximum atomic E-state index is 14.8. The molecule has 1 aliphatic rings. The van der Waals surface area contributed by atoms with Gasteiger partial charge in [-0.1, -0.05) is 0 Å². The Labute approximate surface area is 148 Å². The molecule has 6 nitrogen and oxygen atoms in total. The molecule has 1 N–H and O–H groups in total. The molecule has 1 aliphatic heterocycles. The molecule has 2 atom stereocenters. The maximum Gasteiger partial charge on any atom is 0.213 e. The van der Waals surface area contributed by atoms with Crippen LogP contribution in [0.2, 0.25) is 0 Å². The van der Waals surface area contributed by atoms with Gasteiger partial charge in [0, 0.05) is 37.3 Å². The zero-order chi connectivity index (χ0) is 18.0. The molecule has 1 aromatic heterocycles. The van der Waals surface area contributed by atoms with E-state index in [1.54, 1.807) is 12.1 Å². The van der Waals surface area contributed by atoms with Crippen LogP contribution in [-0.2, 0) is 15.7 Å². The standard InChI is InChI=1S/C17H21FN2O4S/c1-20(25(2)22)17-13(21)8-12-5-6-14(19-16(12)15(17)18)24-10-11-4-3-7-23-9-11/h5-6,8,11,21H,3-4,7,9-10H2,1-2H3. The lowest BCUT2D eigenvalue weighted by atomic mass is 10.0. The number of nitrogens with zero attached hydrogens (tertiary/aromatic N) is 2. The van der Waals surface area contributed by atoms with Gasteiger partial charge in [-0.2, -0.15) is 0 Å². The predicted octanol–water partition coefficient (Wildman–Crippen LogP) is 2.61. The van der Waals surface area contributed by atoms with Gasteiger partial charge in [-0.15, -0.1) is 0 Å². The number of phenolic OH excluding ortho intramolecular Hbond substituents is 1. The number of anilines is 1. The Morgan fingerprint density at radius 1 is 1.52 bits per heavy atom. The number of pyridine rings is 1. The van der Waals surface area contributed by atoms with Crippen molar-refractivity contribution in [1.29, 1.82) is 0 Å². The minimum absolute atomic E-state index is 0.0718. The number of halogens is 1. The van der Waals surface area contributed by atoms with Gasteiger partial charge in [0.2, 0.25) is 5.88 Å². The number of benzene rings is 1. The summed E-state index contributed by atoms with van der Waals surface area (Å²) >= 11 is 0. The molecule has 0 aliphatic carbocycles. The Morgan fingerprint density at radius 2 is 2.32 bits per heavy atom. The van der Waals surface area contributed by atoms with Crippen LogP contribution in [0.4, 0.5) is 10.1 Å². The van der Waals surface area contributed by atoms with Crippen LogP contribution in [0.25, 0.3) is 10.9 Å². The monoisotopic (exact) mass is 368 g/mol. The van der Waals surface area contributed by atoms with E-state index in [2.05, 4.69) is 4.98 Å². The van der Waals surface area contributed by atoms with E-state index in [9.17, 15) is 13.7 Å².